The van der Waals surface area contributed by atoms with Gasteiger partial charge in [-0.3, -0.25) is 0 Å². The highest BCUT2D eigenvalue weighted by Gasteiger charge is 2.43. The van der Waals surface area contributed by atoms with Gasteiger partial charge in [0.05, 0.1) is 0 Å². The van der Waals surface area contributed by atoms with Crippen LogP contribution in [0.15, 0.2) is 42.5 Å². The molecule has 0 aliphatic carbocycles. The van der Waals surface area contributed by atoms with E-state index in [9.17, 15) is 8.78 Å². The second-order valence-electron chi connectivity index (χ2n) is 5.06. The average Bonchev–Trinajstić information content (AvgIpc) is 2.56. The first-order valence-corrected chi connectivity index (χ1v) is 9.76. The molecule has 3 nitrogen and oxygen atoms in total. The first-order chi connectivity index (χ1) is 11.6. The maximum absolute atomic E-state index is 13.9. The van der Waals surface area contributed by atoms with Crippen LogP contribution in [0.1, 0.15) is 20.8 Å². The van der Waals surface area contributed by atoms with E-state index in [0.29, 0.717) is 30.9 Å². The Labute approximate surface area is 142 Å². The van der Waals surface area contributed by atoms with Gasteiger partial charge in [-0.1, -0.05) is 24.3 Å². The summed E-state index contributed by atoms with van der Waals surface area (Å²) < 4.78 is 44.5. The highest BCUT2D eigenvalue weighted by atomic mass is 28.4. The Balaban J connectivity index is 2.38. The number of halogens is 2. The topological polar surface area (TPSA) is 27.7 Å². The third kappa shape index (κ3) is 4.07. The van der Waals surface area contributed by atoms with Crippen LogP contribution in [0.4, 0.5) is 8.78 Å². The molecule has 0 saturated heterocycles. The van der Waals surface area contributed by atoms with Crippen LogP contribution in [0.25, 0.3) is 11.1 Å². The second kappa shape index (κ2) is 8.48. The molecule has 0 amide bonds. The molecule has 0 fully saturated rings. The van der Waals surface area contributed by atoms with Gasteiger partial charge in [-0.15, -0.1) is 0 Å². The zero-order valence-electron chi connectivity index (χ0n) is 14.1. The van der Waals surface area contributed by atoms with Gasteiger partial charge in [0.15, 0.2) is 0 Å². The molecule has 0 saturated carbocycles. The van der Waals surface area contributed by atoms with Gasteiger partial charge in [0, 0.05) is 36.6 Å². The lowest BCUT2D eigenvalue weighted by atomic mass is 10.1. The molecule has 0 aliphatic rings. The third-order valence-electron chi connectivity index (χ3n) is 3.48. The second-order valence-corrected chi connectivity index (χ2v) is 7.61. The maximum atomic E-state index is 13.9. The van der Waals surface area contributed by atoms with Crippen LogP contribution in [0.3, 0.4) is 0 Å². The number of benzene rings is 2. The highest BCUT2D eigenvalue weighted by molar-refractivity contribution is 6.75. The van der Waals surface area contributed by atoms with Crippen LogP contribution >= 0.6 is 0 Å². The van der Waals surface area contributed by atoms with Crippen LogP contribution in [-0.4, -0.2) is 28.6 Å². The predicted octanol–water partition coefficient (Wildman–Crippen LogP) is 3.89. The molecular weight excluding hydrogens is 330 g/mol. The first-order valence-electron chi connectivity index (χ1n) is 8.04. The monoisotopic (exact) mass is 352 g/mol. The van der Waals surface area contributed by atoms with E-state index in [0.717, 1.165) is 11.3 Å². The lowest BCUT2D eigenvalue weighted by Crippen LogP contribution is -2.56. The molecule has 2 aromatic carbocycles. The van der Waals surface area contributed by atoms with Crippen molar-refractivity contribution in [2.24, 2.45) is 0 Å². The SMILES string of the molecule is CCO[Si](OCC)(OCC)c1ccc(-c2ccc(F)cc2F)cc1. The largest absolute Gasteiger partial charge is 0.537 e. The fraction of sp³-hybridized carbons (Fsp3) is 0.333. The summed E-state index contributed by atoms with van der Waals surface area (Å²) in [4.78, 5) is 0. The lowest BCUT2D eigenvalue weighted by molar-refractivity contribution is 0.0859. The van der Waals surface area contributed by atoms with Gasteiger partial charge in [0.1, 0.15) is 11.6 Å². The number of rotatable bonds is 8. The standard InChI is InChI=1S/C18H22F2O3Si/c1-4-21-24(22-5-2,23-6-3)16-10-7-14(8-11-16)17-12-9-15(19)13-18(17)20/h7-13H,4-6H2,1-3H3. The van der Waals surface area contributed by atoms with Crippen LogP contribution in [0.2, 0.25) is 0 Å². The van der Waals surface area contributed by atoms with Gasteiger partial charge in [-0.25, -0.2) is 8.78 Å². The molecule has 6 heteroatoms. The summed E-state index contributed by atoms with van der Waals surface area (Å²) in [5.74, 6) is -1.19. The Morgan fingerprint density at radius 2 is 1.33 bits per heavy atom. The van der Waals surface area contributed by atoms with Crippen molar-refractivity contribution in [3.63, 3.8) is 0 Å². The Morgan fingerprint density at radius 1 is 0.792 bits per heavy atom. The van der Waals surface area contributed by atoms with Crippen molar-refractivity contribution in [3.05, 3.63) is 54.1 Å². The van der Waals surface area contributed by atoms with Crippen molar-refractivity contribution < 1.29 is 22.1 Å². The molecule has 130 valence electrons. The average molecular weight is 352 g/mol. The van der Waals surface area contributed by atoms with E-state index < -0.39 is 20.4 Å². The predicted molar refractivity (Wildman–Crippen MR) is 92.1 cm³/mol. The van der Waals surface area contributed by atoms with E-state index in [2.05, 4.69) is 0 Å². The van der Waals surface area contributed by atoms with Crippen molar-refractivity contribution in [2.45, 2.75) is 20.8 Å². The molecule has 0 aromatic heterocycles. The number of hydrogen-bond donors (Lipinski definition) is 0. The molecule has 0 bridgehead atoms. The van der Waals surface area contributed by atoms with E-state index in [1.54, 1.807) is 12.1 Å². The minimum Gasteiger partial charge on any atom is -0.370 e. The fourth-order valence-electron chi connectivity index (χ4n) is 2.52. The van der Waals surface area contributed by atoms with Gasteiger partial charge in [-0.05, 0) is 38.5 Å². The minimum absolute atomic E-state index is 0.347. The Hall–Kier alpha value is -1.60. The molecule has 2 rings (SSSR count). The summed E-state index contributed by atoms with van der Waals surface area (Å²) in [5.41, 5.74) is 1.00. The van der Waals surface area contributed by atoms with Gasteiger partial charge < -0.3 is 13.3 Å². The normalized spacial score (nSPS) is 11.7. The van der Waals surface area contributed by atoms with Crippen molar-refractivity contribution in [2.75, 3.05) is 19.8 Å². The minimum atomic E-state index is -2.97. The molecular formula is C18H22F2O3Si. The molecule has 24 heavy (non-hydrogen) atoms. The summed E-state index contributed by atoms with van der Waals surface area (Å²) >= 11 is 0. The van der Waals surface area contributed by atoms with Crippen molar-refractivity contribution >= 4 is 14.0 Å². The molecule has 0 aliphatic heterocycles. The maximum Gasteiger partial charge on any atom is 0.537 e. The van der Waals surface area contributed by atoms with Gasteiger partial charge in [0.2, 0.25) is 0 Å². The molecule has 0 N–H and O–H groups in total. The van der Waals surface area contributed by atoms with Crippen molar-refractivity contribution in [1.29, 1.82) is 0 Å². The molecule has 0 unspecified atom stereocenters. The lowest BCUT2D eigenvalue weighted by Gasteiger charge is -2.28. The van der Waals surface area contributed by atoms with E-state index in [1.807, 2.05) is 32.9 Å². The Morgan fingerprint density at radius 3 is 1.79 bits per heavy atom. The fourth-order valence-corrected chi connectivity index (χ4v) is 4.99. The van der Waals surface area contributed by atoms with Crippen LogP contribution in [0.5, 0.6) is 0 Å². The van der Waals surface area contributed by atoms with Gasteiger partial charge in [0.25, 0.3) is 0 Å². The van der Waals surface area contributed by atoms with Crippen LogP contribution < -0.4 is 5.19 Å². The van der Waals surface area contributed by atoms with E-state index in [4.69, 9.17) is 13.3 Å². The zero-order chi connectivity index (χ0) is 17.6. The summed E-state index contributed by atoms with van der Waals surface area (Å²) in [6.07, 6.45) is 0. The summed E-state index contributed by atoms with van der Waals surface area (Å²) in [6, 6.07) is 10.7. The zero-order valence-corrected chi connectivity index (χ0v) is 15.1. The molecule has 0 heterocycles. The van der Waals surface area contributed by atoms with Gasteiger partial charge >= 0.3 is 8.80 Å². The number of hydrogen-bond acceptors (Lipinski definition) is 3. The van der Waals surface area contributed by atoms with E-state index in [-0.39, 0.29) is 0 Å². The van der Waals surface area contributed by atoms with Gasteiger partial charge in [-0.2, -0.15) is 0 Å². The van der Waals surface area contributed by atoms with E-state index in [1.165, 1.54) is 12.1 Å². The molecule has 2 aromatic rings. The molecule has 0 atom stereocenters. The quantitative estimate of drug-likeness (QED) is 0.675. The van der Waals surface area contributed by atoms with Crippen LogP contribution in [0, 0.1) is 11.6 Å². The van der Waals surface area contributed by atoms with E-state index >= 15 is 0 Å². The van der Waals surface area contributed by atoms with Crippen molar-refractivity contribution in [1.82, 2.24) is 0 Å². The highest BCUT2D eigenvalue weighted by Crippen LogP contribution is 2.23. The Bertz CT molecular complexity index is 645. The summed E-state index contributed by atoms with van der Waals surface area (Å²) in [7, 11) is -2.97. The molecule has 0 spiro atoms. The smallest absolute Gasteiger partial charge is 0.370 e. The Kier molecular flexibility index (Phi) is 6.62. The first kappa shape index (κ1) is 18.7. The molecule has 0 radical (unpaired) electrons. The summed E-state index contributed by atoms with van der Waals surface area (Å²) in [6.45, 7) is 7.09. The van der Waals surface area contributed by atoms with Crippen molar-refractivity contribution in [3.8, 4) is 11.1 Å². The van der Waals surface area contributed by atoms with Crippen LogP contribution in [-0.2, 0) is 13.3 Å². The third-order valence-corrected chi connectivity index (χ3v) is 6.53. The summed E-state index contributed by atoms with van der Waals surface area (Å²) in [5, 5.41) is 0.819.